The average Bonchev–Trinajstić information content (AvgIpc) is 3.16. The van der Waals surface area contributed by atoms with Crippen LogP contribution in [0, 0.1) is 17.0 Å². The summed E-state index contributed by atoms with van der Waals surface area (Å²) < 4.78 is 5.61. The number of hydrazone groups is 1. The van der Waals surface area contributed by atoms with Crippen LogP contribution >= 0.6 is 0 Å². The van der Waals surface area contributed by atoms with Crippen LogP contribution in [0.1, 0.15) is 11.3 Å². The highest BCUT2D eigenvalue weighted by Gasteiger charge is 2.08. The van der Waals surface area contributed by atoms with Gasteiger partial charge >= 0.3 is 0 Å². The Kier molecular flexibility index (Phi) is 5.81. The highest BCUT2D eigenvalue weighted by molar-refractivity contribution is 5.83. The number of furan rings is 1. The fourth-order valence-corrected chi connectivity index (χ4v) is 2.48. The standard InChI is InChI=1S/C20H18N4O4/c1-14-4-2-3-5-18(14)21-13-20(25)23-22-12-17-10-11-19(28-17)15-6-8-16(9-7-15)24(26)27/h2-12,21H,13H2,1H3,(H,23,25)/b22-12-. The molecule has 0 radical (unpaired) electrons. The summed E-state index contributed by atoms with van der Waals surface area (Å²) in [4.78, 5) is 22.1. The molecule has 0 atom stereocenters. The normalized spacial score (nSPS) is 10.8. The van der Waals surface area contributed by atoms with Crippen molar-refractivity contribution in [3.8, 4) is 11.3 Å². The number of nitrogens with zero attached hydrogens (tertiary/aromatic N) is 2. The van der Waals surface area contributed by atoms with Crippen LogP contribution in [-0.2, 0) is 4.79 Å². The van der Waals surface area contributed by atoms with Gasteiger partial charge in [0.25, 0.3) is 11.6 Å². The van der Waals surface area contributed by atoms with Crippen molar-refractivity contribution in [3.63, 3.8) is 0 Å². The molecule has 3 aromatic rings. The van der Waals surface area contributed by atoms with Gasteiger partial charge in [0.15, 0.2) is 0 Å². The van der Waals surface area contributed by atoms with Gasteiger partial charge in [0.05, 0.1) is 17.7 Å². The molecule has 1 amide bonds. The number of aryl methyl sites for hydroxylation is 1. The summed E-state index contributed by atoms with van der Waals surface area (Å²) in [5.74, 6) is 0.700. The molecule has 0 spiro atoms. The Hall–Kier alpha value is -3.94. The number of carbonyl (C=O) groups excluding carboxylic acids is 1. The lowest BCUT2D eigenvalue weighted by Crippen LogP contribution is -2.26. The van der Waals surface area contributed by atoms with Crippen LogP contribution in [0.5, 0.6) is 0 Å². The molecule has 0 aliphatic heterocycles. The van der Waals surface area contributed by atoms with Gasteiger partial charge in [0.2, 0.25) is 0 Å². The quantitative estimate of drug-likeness (QED) is 0.370. The zero-order chi connectivity index (χ0) is 19.9. The van der Waals surface area contributed by atoms with E-state index in [9.17, 15) is 14.9 Å². The smallest absolute Gasteiger partial charge is 0.269 e. The summed E-state index contributed by atoms with van der Waals surface area (Å²) in [6.07, 6.45) is 1.39. The molecule has 0 unspecified atom stereocenters. The summed E-state index contributed by atoms with van der Waals surface area (Å²) >= 11 is 0. The third kappa shape index (κ3) is 4.82. The average molecular weight is 378 g/mol. The van der Waals surface area contributed by atoms with Gasteiger partial charge in [-0.25, -0.2) is 5.43 Å². The van der Waals surface area contributed by atoms with Gasteiger partial charge in [-0.1, -0.05) is 18.2 Å². The van der Waals surface area contributed by atoms with Gasteiger partial charge < -0.3 is 9.73 Å². The van der Waals surface area contributed by atoms with Gasteiger partial charge in [0, 0.05) is 23.4 Å². The van der Waals surface area contributed by atoms with E-state index in [0.717, 1.165) is 11.3 Å². The van der Waals surface area contributed by atoms with E-state index in [-0.39, 0.29) is 18.1 Å². The van der Waals surface area contributed by atoms with E-state index in [1.54, 1.807) is 24.3 Å². The fourth-order valence-electron chi connectivity index (χ4n) is 2.48. The molecular weight excluding hydrogens is 360 g/mol. The zero-order valence-electron chi connectivity index (χ0n) is 15.1. The van der Waals surface area contributed by atoms with Crippen molar-refractivity contribution < 1.29 is 14.1 Å². The molecule has 0 bridgehead atoms. The first-order chi connectivity index (χ1) is 13.5. The first-order valence-electron chi connectivity index (χ1n) is 8.49. The largest absolute Gasteiger partial charge is 0.455 e. The monoisotopic (exact) mass is 378 g/mol. The highest BCUT2D eigenvalue weighted by atomic mass is 16.6. The number of nitrogens with one attached hydrogen (secondary N) is 2. The predicted octanol–water partition coefficient (Wildman–Crippen LogP) is 3.73. The minimum Gasteiger partial charge on any atom is -0.455 e. The second kappa shape index (κ2) is 8.63. The summed E-state index contributed by atoms with van der Waals surface area (Å²) in [7, 11) is 0. The van der Waals surface area contributed by atoms with Crippen molar-refractivity contribution in [2.24, 2.45) is 5.10 Å². The van der Waals surface area contributed by atoms with E-state index in [2.05, 4.69) is 15.8 Å². The fraction of sp³-hybridized carbons (Fsp3) is 0.100. The molecule has 0 saturated carbocycles. The lowest BCUT2D eigenvalue weighted by atomic mass is 10.1. The van der Waals surface area contributed by atoms with Crippen molar-refractivity contribution in [1.29, 1.82) is 0 Å². The number of rotatable bonds is 7. The van der Waals surface area contributed by atoms with Gasteiger partial charge in [-0.05, 0) is 42.8 Å². The van der Waals surface area contributed by atoms with E-state index >= 15 is 0 Å². The Balaban J connectivity index is 1.53. The lowest BCUT2D eigenvalue weighted by molar-refractivity contribution is -0.384. The number of hydrogen-bond donors (Lipinski definition) is 2. The lowest BCUT2D eigenvalue weighted by Gasteiger charge is -2.07. The predicted molar refractivity (Wildman–Crippen MR) is 106 cm³/mol. The molecule has 2 N–H and O–H groups in total. The zero-order valence-corrected chi connectivity index (χ0v) is 15.1. The van der Waals surface area contributed by atoms with Gasteiger partial charge in [0.1, 0.15) is 11.5 Å². The molecule has 1 aromatic heterocycles. The molecule has 8 heteroatoms. The maximum absolute atomic E-state index is 11.9. The third-order valence-corrected chi connectivity index (χ3v) is 3.95. The number of amides is 1. The second-order valence-electron chi connectivity index (χ2n) is 5.97. The van der Waals surface area contributed by atoms with Crippen LogP contribution in [0.15, 0.2) is 70.2 Å². The van der Waals surface area contributed by atoms with Crippen LogP contribution in [0.3, 0.4) is 0 Å². The molecule has 2 aromatic carbocycles. The van der Waals surface area contributed by atoms with Crippen molar-refractivity contribution in [2.45, 2.75) is 6.92 Å². The number of nitro groups is 1. The first kappa shape index (κ1) is 18.8. The van der Waals surface area contributed by atoms with Crippen molar-refractivity contribution in [3.05, 3.63) is 82.1 Å². The topological polar surface area (TPSA) is 110 Å². The van der Waals surface area contributed by atoms with Crippen LogP contribution in [-0.4, -0.2) is 23.6 Å². The van der Waals surface area contributed by atoms with Crippen molar-refractivity contribution in [1.82, 2.24) is 5.43 Å². The number of carbonyl (C=O) groups is 1. The van der Waals surface area contributed by atoms with E-state index in [4.69, 9.17) is 4.42 Å². The Morgan fingerprint density at radius 2 is 1.89 bits per heavy atom. The Labute approximate surface area is 161 Å². The molecule has 28 heavy (non-hydrogen) atoms. The second-order valence-corrected chi connectivity index (χ2v) is 5.97. The summed E-state index contributed by atoms with van der Waals surface area (Å²) in [5, 5.41) is 17.6. The van der Waals surface area contributed by atoms with E-state index in [1.165, 1.54) is 18.3 Å². The minimum atomic E-state index is -0.458. The molecule has 1 heterocycles. The molecule has 0 saturated heterocycles. The Morgan fingerprint density at radius 3 is 2.61 bits per heavy atom. The maximum atomic E-state index is 11.9. The van der Waals surface area contributed by atoms with Gasteiger partial charge in [-0.15, -0.1) is 0 Å². The van der Waals surface area contributed by atoms with E-state index in [0.29, 0.717) is 17.1 Å². The molecule has 142 valence electrons. The Morgan fingerprint density at radius 1 is 1.14 bits per heavy atom. The molecule has 8 nitrogen and oxygen atoms in total. The number of anilines is 1. The number of benzene rings is 2. The van der Waals surface area contributed by atoms with E-state index < -0.39 is 4.92 Å². The molecule has 0 aliphatic rings. The van der Waals surface area contributed by atoms with Crippen LogP contribution in [0.4, 0.5) is 11.4 Å². The van der Waals surface area contributed by atoms with Crippen molar-refractivity contribution in [2.75, 3.05) is 11.9 Å². The first-order valence-corrected chi connectivity index (χ1v) is 8.49. The summed E-state index contributed by atoms with van der Waals surface area (Å²) in [6, 6.07) is 17.1. The summed E-state index contributed by atoms with van der Waals surface area (Å²) in [6.45, 7) is 2.05. The van der Waals surface area contributed by atoms with Gasteiger partial charge in [-0.3, -0.25) is 14.9 Å². The van der Waals surface area contributed by atoms with Gasteiger partial charge in [-0.2, -0.15) is 5.10 Å². The van der Waals surface area contributed by atoms with Crippen LogP contribution in [0.2, 0.25) is 0 Å². The molecule has 3 rings (SSSR count). The number of hydrogen-bond acceptors (Lipinski definition) is 6. The van der Waals surface area contributed by atoms with E-state index in [1.807, 2.05) is 31.2 Å². The number of para-hydroxylation sites is 1. The van der Waals surface area contributed by atoms with Crippen LogP contribution in [0.25, 0.3) is 11.3 Å². The number of non-ortho nitro benzene ring substituents is 1. The minimum absolute atomic E-state index is 0.0131. The maximum Gasteiger partial charge on any atom is 0.269 e. The third-order valence-electron chi connectivity index (χ3n) is 3.95. The molecule has 0 aliphatic carbocycles. The molecular formula is C20H18N4O4. The SMILES string of the molecule is Cc1ccccc1NCC(=O)N/N=C\c1ccc(-c2ccc([N+](=O)[O-])cc2)o1. The summed E-state index contributed by atoms with van der Waals surface area (Å²) in [5.41, 5.74) is 5.08. The Bertz CT molecular complexity index is 1010. The van der Waals surface area contributed by atoms with Crippen LogP contribution < -0.4 is 10.7 Å². The highest BCUT2D eigenvalue weighted by Crippen LogP contribution is 2.24. The number of nitro benzene ring substituents is 1. The van der Waals surface area contributed by atoms with Crippen molar-refractivity contribution >= 4 is 23.5 Å². The molecule has 0 fully saturated rings.